The van der Waals surface area contributed by atoms with Crippen molar-refractivity contribution in [2.75, 3.05) is 12.4 Å². The Morgan fingerprint density at radius 3 is 1.88 bits per heavy atom. The molecule has 0 rings (SSSR count). The number of halogens is 1. The lowest BCUT2D eigenvalue weighted by molar-refractivity contribution is -0.138. The number of nitrogens with zero attached hydrogens (tertiary/aromatic N) is 1. The maximum Gasteiger partial charge on any atom is 0.225 e. The predicted molar refractivity (Wildman–Crippen MR) is 70.9 cm³/mol. The zero-order chi connectivity index (χ0) is 12.6. The molecule has 0 aromatic rings. The van der Waals surface area contributed by atoms with E-state index in [0.29, 0.717) is 24.4 Å². The van der Waals surface area contributed by atoms with Crippen LogP contribution in [0.4, 0.5) is 0 Å². The zero-order valence-corrected chi connectivity index (χ0v) is 11.9. The second-order valence-electron chi connectivity index (χ2n) is 4.20. The highest BCUT2D eigenvalue weighted by atomic mass is 35.5. The lowest BCUT2D eigenvalue weighted by Gasteiger charge is -2.32. The summed E-state index contributed by atoms with van der Waals surface area (Å²) in [5.74, 6) is 0.991. The molecule has 16 heavy (non-hydrogen) atoms. The number of rotatable bonds is 8. The number of hydrogen-bond donors (Lipinski definition) is 0. The van der Waals surface area contributed by atoms with Gasteiger partial charge in [0, 0.05) is 24.4 Å². The van der Waals surface area contributed by atoms with Crippen molar-refractivity contribution in [2.45, 2.75) is 59.4 Å². The first-order chi connectivity index (χ1) is 7.65. The molecule has 0 aliphatic heterocycles. The van der Waals surface area contributed by atoms with E-state index in [2.05, 4.69) is 27.7 Å². The Labute approximate surface area is 105 Å². The second-order valence-corrected chi connectivity index (χ2v) is 4.58. The van der Waals surface area contributed by atoms with Crippen LogP contribution in [-0.2, 0) is 4.79 Å². The highest BCUT2D eigenvalue weighted by Crippen LogP contribution is 2.17. The van der Waals surface area contributed by atoms with Gasteiger partial charge in [0.05, 0.1) is 0 Å². The van der Waals surface area contributed by atoms with Crippen molar-refractivity contribution in [3.05, 3.63) is 0 Å². The molecule has 0 bridgehead atoms. The summed E-state index contributed by atoms with van der Waals surface area (Å²) in [7, 11) is 0. The molecule has 0 N–H and O–H groups in total. The van der Waals surface area contributed by atoms with Crippen LogP contribution in [0.25, 0.3) is 0 Å². The van der Waals surface area contributed by atoms with Crippen LogP contribution in [-0.4, -0.2) is 29.3 Å². The van der Waals surface area contributed by atoms with Gasteiger partial charge in [-0.1, -0.05) is 27.7 Å². The third-order valence-corrected chi connectivity index (χ3v) is 3.50. The zero-order valence-electron chi connectivity index (χ0n) is 11.1. The van der Waals surface area contributed by atoms with Gasteiger partial charge in [0.15, 0.2) is 0 Å². The van der Waals surface area contributed by atoms with Gasteiger partial charge in [-0.15, -0.1) is 11.6 Å². The molecule has 0 aliphatic rings. The number of carbonyl (C=O) groups excluding carboxylic acids is 1. The first-order valence-corrected chi connectivity index (χ1v) is 7.05. The highest BCUT2D eigenvalue weighted by Gasteiger charge is 2.25. The Bertz CT molecular complexity index is 188. The molecule has 2 nitrogen and oxygen atoms in total. The molecule has 0 spiro atoms. The Kier molecular flexibility index (Phi) is 8.73. The van der Waals surface area contributed by atoms with Gasteiger partial charge in [0.1, 0.15) is 0 Å². The summed E-state index contributed by atoms with van der Waals surface area (Å²) in [6, 6.07) is 0.354. The van der Waals surface area contributed by atoms with Crippen LogP contribution in [0.1, 0.15) is 53.4 Å². The van der Waals surface area contributed by atoms with Crippen LogP contribution in [0.5, 0.6) is 0 Å². The fourth-order valence-corrected chi connectivity index (χ4v) is 2.35. The summed E-state index contributed by atoms with van der Waals surface area (Å²) in [5, 5.41) is 0. The van der Waals surface area contributed by atoms with Crippen LogP contribution < -0.4 is 0 Å². The Morgan fingerprint density at radius 1 is 1.06 bits per heavy atom. The topological polar surface area (TPSA) is 20.3 Å². The molecule has 0 aromatic carbocycles. The van der Waals surface area contributed by atoms with E-state index in [0.717, 1.165) is 25.7 Å². The molecule has 1 amide bonds. The van der Waals surface area contributed by atoms with Gasteiger partial charge < -0.3 is 4.90 Å². The summed E-state index contributed by atoms with van der Waals surface area (Å²) < 4.78 is 0. The number of alkyl halides is 1. The van der Waals surface area contributed by atoms with Crippen LogP contribution in [0.3, 0.4) is 0 Å². The van der Waals surface area contributed by atoms with E-state index in [-0.39, 0.29) is 5.92 Å². The fraction of sp³-hybridized carbons (Fsp3) is 0.923. The van der Waals surface area contributed by atoms with Crippen LogP contribution in [0.2, 0.25) is 0 Å². The van der Waals surface area contributed by atoms with E-state index in [1.54, 1.807) is 0 Å². The molecule has 0 saturated heterocycles. The summed E-state index contributed by atoms with van der Waals surface area (Å²) in [4.78, 5) is 14.3. The average molecular weight is 248 g/mol. The Balaban J connectivity index is 4.67. The number of carbonyl (C=O) groups is 1. The molecular weight excluding hydrogens is 222 g/mol. The molecule has 3 heteroatoms. The fourth-order valence-electron chi connectivity index (χ4n) is 2.17. The van der Waals surface area contributed by atoms with Gasteiger partial charge in [-0.05, 0) is 25.7 Å². The smallest absolute Gasteiger partial charge is 0.225 e. The molecule has 0 heterocycles. The minimum atomic E-state index is 0.170. The van der Waals surface area contributed by atoms with Crippen LogP contribution in [0.15, 0.2) is 0 Å². The van der Waals surface area contributed by atoms with Crippen LogP contribution >= 0.6 is 11.6 Å². The molecule has 0 saturated carbocycles. The molecule has 0 radical (unpaired) electrons. The summed E-state index contributed by atoms with van der Waals surface area (Å²) in [6.45, 7) is 9.12. The van der Waals surface area contributed by atoms with E-state index in [4.69, 9.17) is 11.6 Å². The minimum Gasteiger partial charge on any atom is -0.338 e. The van der Waals surface area contributed by atoms with Gasteiger partial charge in [0.25, 0.3) is 0 Å². The lowest BCUT2D eigenvalue weighted by Crippen LogP contribution is -2.44. The molecule has 0 atom stereocenters. The van der Waals surface area contributed by atoms with Gasteiger partial charge in [-0.25, -0.2) is 0 Å². The van der Waals surface area contributed by atoms with Gasteiger partial charge in [0.2, 0.25) is 5.91 Å². The number of amides is 1. The lowest BCUT2D eigenvalue weighted by atomic mass is 9.99. The monoisotopic (exact) mass is 247 g/mol. The van der Waals surface area contributed by atoms with E-state index in [1.165, 1.54) is 0 Å². The standard InChI is InChI=1S/C13H26ClNO/c1-5-11(6-2)13(16)15(10-9-14)12(7-3)8-4/h11-12H,5-10H2,1-4H3. The first-order valence-electron chi connectivity index (χ1n) is 6.52. The quantitative estimate of drug-likeness (QED) is 0.600. The van der Waals surface area contributed by atoms with Crippen LogP contribution in [0, 0.1) is 5.92 Å². The third kappa shape index (κ3) is 4.32. The normalized spacial score (nSPS) is 11.2. The summed E-state index contributed by atoms with van der Waals surface area (Å²) in [5.41, 5.74) is 0. The molecule has 96 valence electrons. The van der Waals surface area contributed by atoms with Crippen molar-refractivity contribution < 1.29 is 4.79 Å². The largest absolute Gasteiger partial charge is 0.338 e. The summed E-state index contributed by atoms with van der Waals surface area (Å²) in [6.07, 6.45) is 3.88. The summed E-state index contributed by atoms with van der Waals surface area (Å²) >= 11 is 5.80. The van der Waals surface area contributed by atoms with Gasteiger partial charge >= 0.3 is 0 Å². The van der Waals surface area contributed by atoms with Crippen molar-refractivity contribution in [3.63, 3.8) is 0 Å². The van der Waals surface area contributed by atoms with Gasteiger partial charge in [-0.2, -0.15) is 0 Å². The average Bonchev–Trinajstić information content (AvgIpc) is 2.30. The molecule has 0 fully saturated rings. The Morgan fingerprint density at radius 2 is 1.56 bits per heavy atom. The van der Waals surface area contributed by atoms with Crippen molar-refractivity contribution in [2.24, 2.45) is 5.92 Å². The Hall–Kier alpha value is -0.240. The maximum absolute atomic E-state index is 12.3. The van der Waals surface area contributed by atoms with Crippen molar-refractivity contribution in [1.82, 2.24) is 4.90 Å². The third-order valence-electron chi connectivity index (χ3n) is 3.33. The van der Waals surface area contributed by atoms with Crippen molar-refractivity contribution in [1.29, 1.82) is 0 Å². The maximum atomic E-state index is 12.3. The van der Waals surface area contributed by atoms with Crippen molar-refractivity contribution >= 4 is 17.5 Å². The van der Waals surface area contributed by atoms with E-state index in [9.17, 15) is 4.79 Å². The highest BCUT2D eigenvalue weighted by molar-refractivity contribution is 6.18. The van der Waals surface area contributed by atoms with E-state index >= 15 is 0 Å². The SMILES string of the molecule is CCC(CC)C(=O)N(CCCl)C(CC)CC. The predicted octanol–water partition coefficient (Wildman–Crippen LogP) is 3.68. The number of hydrogen-bond acceptors (Lipinski definition) is 1. The second kappa shape index (κ2) is 8.86. The van der Waals surface area contributed by atoms with E-state index < -0.39 is 0 Å². The van der Waals surface area contributed by atoms with Gasteiger partial charge in [-0.3, -0.25) is 4.79 Å². The molecular formula is C13H26ClNO. The minimum absolute atomic E-state index is 0.170. The molecule has 0 aromatic heterocycles. The van der Waals surface area contributed by atoms with E-state index in [1.807, 2.05) is 4.90 Å². The molecule has 0 unspecified atom stereocenters. The molecule has 0 aliphatic carbocycles. The first kappa shape index (κ1) is 15.8. The van der Waals surface area contributed by atoms with Crippen molar-refractivity contribution in [3.8, 4) is 0 Å².